The number of ketones is 1. The Morgan fingerprint density at radius 1 is 1.05 bits per heavy atom. The number of para-hydroxylation sites is 1. The van der Waals surface area contributed by atoms with Gasteiger partial charge in [-0.2, -0.15) is 0 Å². The zero-order valence-electron chi connectivity index (χ0n) is 12.0. The molecule has 1 saturated heterocycles. The number of ether oxygens (including phenoxy) is 2. The minimum Gasteiger partial charge on any atom is -0.457 e. The molecule has 1 aliphatic heterocycles. The normalized spacial score (nSPS) is 21.2. The molecule has 1 aliphatic rings. The zero-order chi connectivity index (χ0) is 14.7. The molecule has 0 aromatic heterocycles. The molecule has 108 valence electrons. The van der Waals surface area contributed by atoms with Crippen LogP contribution < -0.4 is 4.74 Å². The van der Waals surface area contributed by atoms with Crippen molar-refractivity contribution in [2.75, 3.05) is 6.61 Å². The van der Waals surface area contributed by atoms with Gasteiger partial charge in [0, 0.05) is 12.2 Å². The first-order valence-electron chi connectivity index (χ1n) is 7.19. The predicted octanol–water partition coefficient (Wildman–Crippen LogP) is 4.23. The number of carbonyl (C=O) groups is 1. The van der Waals surface area contributed by atoms with E-state index in [1.165, 1.54) is 0 Å². The molecular formula is C18H18O3. The Balaban J connectivity index is 1.73. The van der Waals surface area contributed by atoms with Crippen LogP contribution in [0.3, 0.4) is 0 Å². The molecule has 1 atom stereocenters. The van der Waals surface area contributed by atoms with E-state index < -0.39 is 5.60 Å². The third kappa shape index (κ3) is 2.98. The van der Waals surface area contributed by atoms with E-state index in [4.69, 9.17) is 9.47 Å². The van der Waals surface area contributed by atoms with E-state index in [9.17, 15) is 4.79 Å². The molecule has 1 fully saturated rings. The minimum atomic E-state index is -0.665. The quantitative estimate of drug-likeness (QED) is 0.787. The Hall–Kier alpha value is -2.13. The second kappa shape index (κ2) is 5.70. The van der Waals surface area contributed by atoms with Crippen LogP contribution in [-0.2, 0) is 4.74 Å². The van der Waals surface area contributed by atoms with Crippen molar-refractivity contribution in [2.24, 2.45) is 0 Å². The van der Waals surface area contributed by atoms with E-state index in [-0.39, 0.29) is 5.78 Å². The molecule has 3 rings (SSSR count). The summed E-state index contributed by atoms with van der Waals surface area (Å²) in [4.78, 5) is 12.5. The van der Waals surface area contributed by atoms with Crippen molar-refractivity contribution in [1.82, 2.24) is 0 Å². The molecular weight excluding hydrogens is 264 g/mol. The van der Waals surface area contributed by atoms with Crippen LogP contribution in [0.1, 0.15) is 30.1 Å². The zero-order valence-corrected chi connectivity index (χ0v) is 12.0. The van der Waals surface area contributed by atoms with Crippen LogP contribution in [0.25, 0.3) is 0 Å². The van der Waals surface area contributed by atoms with Crippen molar-refractivity contribution in [3.8, 4) is 11.5 Å². The van der Waals surface area contributed by atoms with Crippen LogP contribution in [0, 0.1) is 0 Å². The van der Waals surface area contributed by atoms with Gasteiger partial charge in [0.1, 0.15) is 17.1 Å². The van der Waals surface area contributed by atoms with E-state index >= 15 is 0 Å². The maximum Gasteiger partial charge on any atom is 0.194 e. The molecule has 1 unspecified atom stereocenters. The summed E-state index contributed by atoms with van der Waals surface area (Å²) in [6, 6.07) is 16.8. The fraction of sp³-hybridized carbons (Fsp3) is 0.278. The van der Waals surface area contributed by atoms with Crippen molar-refractivity contribution >= 4 is 5.78 Å². The van der Waals surface area contributed by atoms with Crippen molar-refractivity contribution < 1.29 is 14.3 Å². The maximum atomic E-state index is 12.5. The molecule has 0 aliphatic carbocycles. The first-order valence-corrected chi connectivity index (χ1v) is 7.19. The van der Waals surface area contributed by atoms with Gasteiger partial charge in [-0.25, -0.2) is 0 Å². The third-order valence-electron chi connectivity index (χ3n) is 3.79. The number of rotatable bonds is 4. The van der Waals surface area contributed by atoms with Crippen molar-refractivity contribution in [2.45, 2.75) is 25.4 Å². The number of Topliss-reactive ketones (excluding diaryl/α,β-unsaturated/α-hetero) is 1. The van der Waals surface area contributed by atoms with E-state index in [0.29, 0.717) is 12.2 Å². The van der Waals surface area contributed by atoms with Crippen LogP contribution in [0.4, 0.5) is 0 Å². The third-order valence-corrected chi connectivity index (χ3v) is 3.79. The van der Waals surface area contributed by atoms with Crippen molar-refractivity contribution in [3.63, 3.8) is 0 Å². The van der Waals surface area contributed by atoms with Gasteiger partial charge >= 0.3 is 0 Å². The summed E-state index contributed by atoms with van der Waals surface area (Å²) in [7, 11) is 0. The second-order valence-corrected chi connectivity index (χ2v) is 5.45. The molecule has 2 aromatic carbocycles. The maximum absolute atomic E-state index is 12.5. The van der Waals surface area contributed by atoms with Crippen molar-refractivity contribution in [1.29, 1.82) is 0 Å². The minimum absolute atomic E-state index is 0.0475. The summed E-state index contributed by atoms with van der Waals surface area (Å²) in [5.41, 5.74) is 0.00162. The Labute approximate surface area is 124 Å². The summed E-state index contributed by atoms with van der Waals surface area (Å²) in [5, 5.41) is 0. The first kappa shape index (κ1) is 13.8. The summed E-state index contributed by atoms with van der Waals surface area (Å²) in [6.45, 7) is 2.54. The Kier molecular flexibility index (Phi) is 3.76. The van der Waals surface area contributed by atoms with Crippen LogP contribution in [0.2, 0.25) is 0 Å². The smallest absolute Gasteiger partial charge is 0.194 e. The van der Waals surface area contributed by atoms with Crippen LogP contribution in [0.15, 0.2) is 54.6 Å². The molecule has 0 N–H and O–H groups in total. The fourth-order valence-electron chi connectivity index (χ4n) is 2.56. The highest BCUT2D eigenvalue weighted by molar-refractivity contribution is 6.02. The topological polar surface area (TPSA) is 35.5 Å². The molecule has 0 bridgehead atoms. The lowest BCUT2D eigenvalue weighted by Gasteiger charge is -2.21. The standard InChI is InChI=1S/C18H18O3/c1-18(12-5-13-20-18)17(19)14-8-10-16(11-9-14)21-15-6-3-2-4-7-15/h2-4,6-11H,5,12-13H2,1H3. The van der Waals surface area contributed by atoms with Crippen molar-refractivity contribution in [3.05, 3.63) is 60.2 Å². The van der Waals surface area contributed by atoms with E-state index in [2.05, 4.69) is 0 Å². The largest absolute Gasteiger partial charge is 0.457 e. The first-order chi connectivity index (χ1) is 10.2. The Morgan fingerprint density at radius 3 is 2.33 bits per heavy atom. The molecule has 0 spiro atoms. The van der Waals surface area contributed by atoms with E-state index in [0.717, 1.165) is 24.3 Å². The van der Waals surface area contributed by atoms with Gasteiger partial charge in [-0.05, 0) is 56.2 Å². The van der Waals surface area contributed by atoms with Gasteiger partial charge in [0.25, 0.3) is 0 Å². The van der Waals surface area contributed by atoms with Crippen LogP contribution in [-0.4, -0.2) is 18.0 Å². The summed E-state index contributed by atoms with van der Waals surface area (Å²) in [5.74, 6) is 1.55. The van der Waals surface area contributed by atoms with Gasteiger partial charge in [-0.1, -0.05) is 18.2 Å². The van der Waals surface area contributed by atoms with E-state index in [1.807, 2.05) is 49.4 Å². The lowest BCUT2D eigenvalue weighted by Crippen LogP contribution is -2.34. The summed E-state index contributed by atoms with van der Waals surface area (Å²) >= 11 is 0. The lowest BCUT2D eigenvalue weighted by atomic mass is 9.92. The number of benzene rings is 2. The Morgan fingerprint density at radius 2 is 1.71 bits per heavy atom. The number of carbonyl (C=O) groups excluding carboxylic acids is 1. The van der Waals surface area contributed by atoms with Gasteiger partial charge < -0.3 is 9.47 Å². The summed E-state index contributed by atoms with van der Waals surface area (Å²) in [6.07, 6.45) is 1.73. The Bertz CT molecular complexity index is 611. The molecule has 21 heavy (non-hydrogen) atoms. The highest BCUT2D eigenvalue weighted by atomic mass is 16.5. The van der Waals surface area contributed by atoms with Gasteiger partial charge in [0.2, 0.25) is 0 Å². The van der Waals surface area contributed by atoms with Crippen LogP contribution >= 0.6 is 0 Å². The highest BCUT2D eigenvalue weighted by Gasteiger charge is 2.38. The van der Waals surface area contributed by atoms with Gasteiger partial charge in [-0.15, -0.1) is 0 Å². The van der Waals surface area contributed by atoms with Gasteiger partial charge in [0.05, 0.1) is 0 Å². The number of hydrogen-bond acceptors (Lipinski definition) is 3. The molecule has 3 nitrogen and oxygen atoms in total. The SMILES string of the molecule is CC1(C(=O)c2ccc(Oc3ccccc3)cc2)CCCO1. The van der Waals surface area contributed by atoms with Crippen LogP contribution in [0.5, 0.6) is 11.5 Å². The van der Waals surface area contributed by atoms with E-state index in [1.54, 1.807) is 12.1 Å². The molecule has 2 aromatic rings. The fourth-order valence-corrected chi connectivity index (χ4v) is 2.56. The average molecular weight is 282 g/mol. The van der Waals surface area contributed by atoms with Gasteiger partial charge in [0.15, 0.2) is 5.78 Å². The van der Waals surface area contributed by atoms with Gasteiger partial charge in [-0.3, -0.25) is 4.79 Å². The average Bonchev–Trinajstić information content (AvgIpc) is 2.96. The highest BCUT2D eigenvalue weighted by Crippen LogP contribution is 2.30. The molecule has 0 radical (unpaired) electrons. The molecule has 0 saturated carbocycles. The number of hydrogen-bond donors (Lipinski definition) is 0. The molecule has 0 amide bonds. The lowest BCUT2D eigenvalue weighted by molar-refractivity contribution is 0.0213. The predicted molar refractivity (Wildman–Crippen MR) is 80.9 cm³/mol. The molecule has 1 heterocycles. The second-order valence-electron chi connectivity index (χ2n) is 5.45. The molecule has 3 heteroatoms. The summed E-state index contributed by atoms with van der Waals surface area (Å²) < 4.78 is 11.3. The monoisotopic (exact) mass is 282 g/mol.